The molecule has 66 valence electrons. The number of aromatic nitrogens is 2. The molecule has 13 heavy (non-hydrogen) atoms. The fraction of sp³-hybridized carbons (Fsp3) is 0.200. The molecule has 0 bridgehead atoms. The smallest absolute Gasteiger partial charge is 0.257 e. The predicted molar refractivity (Wildman–Crippen MR) is 49.1 cm³/mol. The lowest BCUT2D eigenvalue weighted by atomic mass is 10.1. The Morgan fingerprint density at radius 1 is 1.23 bits per heavy atom. The molecule has 1 aromatic carbocycles. The molecule has 0 aliphatic rings. The highest BCUT2D eigenvalue weighted by molar-refractivity contribution is 5.52. The maximum Gasteiger partial charge on any atom is 0.257 e. The molecule has 2 aromatic rings. The van der Waals surface area contributed by atoms with Gasteiger partial charge in [-0.1, -0.05) is 24.2 Å². The fourth-order valence-electron chi connectivity index (χ4n) is 1.18. The zero-order chi connectivity index (χ0) is 9.10. The van der Waals surface area contributed by atoms with Crippen molar-refractivity contribution in [1.29, 1.82) is 0 Å². The lowest BCUT2D eigenvalue weighted by Crippen LogP contribution is -1.80. The Labute approximate surface area is 76.4 Å². The summed E-state index contributed by atoms with van der Waals surface area (Å²) in [6.07, 6.45) is 2.45. The number of hydrogen-bond acceptors (Lipinski definition) is 3. The van der Waals surface area contributed by atoms with Gasteiger partial charge < -0.3 is 4.52 Å². The average Bonchev–Trinajstić information content (AvgIpc) is 2.71. The van der Waals surface area contributed by atoms with Gasteiger partial charge in [-0.2, -0.15) is 4.98 Å². The van der Waals surface area contributed by atoms with E-state index in [1.807, 2.05) is 12.1 Å². The zero-order valence-electron chi connectivity index (χ0n) is 7.40. The van der Waals surface area contributed by atoms with Crippen LogP contribution in [0.15, 0.2) is 35.1 Å². The standard InChI is InChI=1S/C10H10N2O/c1-2-8-3-5-9(6-4-8)10-11-7-12-13-10/h3-7H,2H2,1H3. The summed E-state index contributed by atoms with van der Waals surface area (Å²) < 4.78 is 4.93. The van der Waals surface area contributed by atoms with Crippen LogP contribution in [0.2, 0.25) is 0 Å². The summed E-state index contributed by atoms with van der Waals surface area (Å²) in [6.45, 7) is 2.13. The van der Waals surface area contributed by atoms with Gasteiger partial charge in [-0.3, -0.25) is 0 Å². The number of hydrogen-bond donors (Lipinski definition) is 0. The van der Waals surface area contributed by atoms with Crippen molar-refractivity contribution in [3.8, 4) is 11.5 Å². The van der Waals surface area contributed by atoms with Crippen LogP contribution in [-0.4, -0.2) is 10.1 Å². The molecule has 0 saturated heterocycles. The minimum atomic E-state index is 0.572. The molecule has 0 aliphatic heterocycles. The predicted octanol–water partition coefficient (Wildman–Crippen LogP) is 2.30. The molecule has 3 heteroatoms. The molecule has 3 nitrogen and oxygen atoms in total. The van der Waals surface area contributed by atoms with Gasteiger partial charge in [0.05, 0.1) is 0 Å². The Morgan fingerprint density at radius 2 is 2.00 bits per heavy atom. The third-order valence-corrected chi connectivity index (χ3v) is 1.97. The van der Waals surface area contributed by atoms with Gasteiger partial charge in [0.1, 0.15) is 0 Å². The molecule has 1 heterocycles. The summed E-state index contributed by atoms with van der Waals surface area (Å²) in [5, 5.41) is 3.56. The lowest BCUT2D eigenvalue weighted by molar-refractivity contribution is 0.430. The van der Waals surface area contributed by atoms with Crippen LogP contribution in [0.1, 0.15) is 12.5 Å². The van der Waals surface area contributed by atoms with E-state index in [1.165, 1.54) is 11.9 Å². The summed E-state index contributed by atoms with van der Waals surface area (Å²) in [7, 11) is 0. The maximum atomic E-state index is 4.93. The van der Waals surface area contributed by atoms with Gasteiger partial charge in [0.2, 0.25) is 0 Å². The Morgan fingerprint density at radius 3 is 2.54 bits per heavy atom. The van der Waals surface area contributed by atoms with Crippen LogP contribution < -0.4 is 0 Å². The first-order chi connectivity index (χ1) is 6.40. The van der Waals surface area contributed by atoms with Crippen LogP contribution in [0.5, 0.6) is 0 Å². The van der Waals surface area contributed by atoms with Crippen molar-refractivity contribution in [2.75, 3.05) is 0 Å². The van der Waals surface area contributed by atoms with Crippen LogP contribution in [-0.2, 0) is 6.42 Å². The van der Waals surface area contributed by atoms with Crippen molar-refractivity contribution in [3.05, 3.63) is 36.2 Å². The molecule has 0 N–H and O–H groups in total. The summed E-state index contributed by atoms with van der Waals surface area (Å²) in [5.41, 5.74) is 2.28. The minimum absolute atomic E-state index is 0.572. The van der Waals surface area contributed by atoms with Gasteiger partial charge in [-0.15, -0.1) is 0 Å². The van der Waals surface area contributed by atoms with E-state index in [0.717, 1.165) is 12.0 Å². The van der Waals surface area contributed by atoms with E-state index in [1.54, 1.807) is 0 Å². The van der Waals surface area contributed by atoms with Crippen LogP contribution in [0.25, 0.3) is 11.5 Å². The third kappa shape index (κ3) is 1.59. The van der Waals surface area contributed by atoms with Crippen molar-refractivity contribution in [1.82, 2.24) is 10.1 Å². The van der Waals surface area contributed by atoms with E-state index in [4.69, 9.17) is 4.52 Å². The molecule has 0 saturated carbocycles. The molecular weight excluding hydrogens is 164 g/mol. The van der Waals surface area contributed by atoms with Crippen molar-refractivity contribution in [3.63, 3.8) is 0 Å². The molecule has 0 radical (unpaired) electrons. The van der Waals surface area contributed by atoms with E-state index in [2.05, 4.69) is 29.2 Å². The van der Waals surface area contributed by atoms with Crippen molar-refractivity contribution in [2.45, 2.75) is 13.3 Å². The first-order valence-corrected chi connectivity index (χ1v) is 4.26. The molecule has 0 fully saturated rings. The molecule has 0 unspecified atom stereocenters. The summed E-state index contributed by atoms with van der Waals surface area (Å²) in [4.78, 5) is 3.96. The van der Waals surface area contributed by atoms with E-state index in [9.17, 15) is 0 Å². The molecule has 1 aromatic heterocycles. The van der Waals surface area contributed by atoms with Crippen LogP contribution in [0.4, 0.5) is 0 Å². The average molecular weight is 174 g/mol. The normalized spacial score (nSPS) is 10.2. The van der Waals surface area contributed by atoms with E-state index in [-0.39, 0.29) is 0 Å². The molecule has 0 atom stereocenters. The van der Waals surface area contributed by atoms with Crippen LogP contribution in [0.3, 0.4) is 0 Å². The second-order valence-corrected chi connectivity index (χ2v) is 2.80. The van der Waals surface area contributed by atoms with Gasteiger partial charge in [0, 0.05) is 5.56 Å². The Balaban J connectivity index is 2.33. The Bertz CT molecular complexity index is 364. The molecular formula is C10H10N2O. The van der Waals surface area contributed by atoms with Gasteiger partial charge >= 0.3 is 0 Å². The lowest BCUT2D eigenvalue weighted by Gasteiger charge is -1.96. The first-order valence-electron chi connectivity index (χ1n) is 4.26. The second-order valence-electron chi connectivity index (χ2n) is 2.80. The van der Waals surface area contributed by atoms with Gasteiger partial charge in [-0.05, 0) is 24.1 Å². The van der Waals surface area contributed by atoms with E-state index >= 15 is 0 Å². The monoisotopic (exact) mass is 174 g/mol. The van der Waals surface area contributed by atoms with Gasteiger partial charge in [0.15, 0.2) is 6.33 Å². The SMILES string of the molecule is CCc1ccc(-c2ncno2)cc1. The highest BCUT2D eigenvalue weighted by Crippen LogP contribution is 2.16. The summed E-state index contributed by atoms with van der Waals surface area (Å²) in [6, 6.07) is 8.12. The quantitative estimate of drug-likeness (QED) is 0.701. The second kappa shape index (κ2) is 3.39. The summed E-state index contributed by atoms with van der Waals surface area (Å²) >= 11 is 0. The molecule has 0 spiro atoms. The highest BCUT2D eigenvalue weighted by atomic mass is 16.5. The van der Waals surface area contributed by atoms with Crippen molar-refractivity contribution >= 4 is 0 Å². The Kier molecular flexibility index (Phi) is 2.08. The zero-order valence-corrected chi connectivity index (χ0v) is 7.40. The fourth-order valence-corrected chi connectivity index (χ4v) is 1.18. The first kappa shape index (κ1) is 7.98. The molecule has 0 amide bonds. The van der Waals surface area contributed by atoms with Crippen molar-refractivity contribution in [2.24, 2.45) is 0 Å². The van der Waals surface area contributed by atoms with Gasteiger partial charge in [-0.25, -0.2) is 0 Å². The van der Waals surface area contributed by atoms with Crippen LogP contribution >= 0.6 is 0 Å². The van der Waals surface area contributed by atoms with E-state index < -0.39 is 0 Å². The third-order valence-electron chi connectivity index (χ3n) is 1.97. The number of benzene rings is 1. The number of nitrogens with zero attached hydrogens (tertiary/aromatic N) is 2. The number of aryl methyl sites for hydroxylation is 1. The summed E-state index contributed by atoms with van der Waals surface area (Å²) in [5.74, 6) is 0.572. The Hall–Kier alpha value is -1.64. The maximum absolute atomic E-state index is 4.93. The van der Waals surface area contributed by atoms with Crippen LogP contribution in [0, 0.1) is 0 Å². The molecule has 0 aliphatic carbocycles. The number of rotatable bonds is 2. The van der Waals surface area contributed by atoms with Crippen molar-refractivity contribution < 1.29 is 4.52 Å². The largest absolute Gasteiger partial charge is 0.334 e. The van der Waals surface area contributed by atoms with Gasteiger partial charge in [0.25, 0.3) is 5.89 Å². The van der Waals surface area contributed by atoms with E-state index in [0.29, 0.717) is 5.89 Å². The highest BCUT2D eigenvalue weighted by Gasteiger charge is 2.01. The minimum Gasteiger partial charge on any atom is -0.334 e. The topological polar surface area (TPSA) is 38.9 Å². The molecule has 2 rings (SSSR count).